The summed E-state index contributed by atoms with van der Waals surface area (Å²) in [5, 5.41) is 4.20. The molecule has 0 unspecified atom stereocenters. The highest BCUT2D eigenvalue weighted by molar-refractivity contribution is 6.31. The van der Waals surface area contributed by atoms with Crippen molar-refractivity contribution < 1.29 is 14.3 Å². The monoisotopic (exact) mass is 384 g/mol. The minimum absolute atomic E-state index is 0.0608. The molecule has 0 saturated carbocycles. The molecule has 0 bridgehead atoms. The van der Waals surface area contributed by atoms with Crippen LogP contribution in [0.2, 0.25) is 5.02 Å². The Morgan fingerprint density at radius 2 is 1.96 bits per heavy atom. The molecule has 1 amide bonds. The van der Waals surface area contributed by atoms with Gasteiger partial charge < -0.3 is 14.8 Å². The van der Waals surface area contributed by atoms with Gasteiger partial charge in [0.05, 0.1) is 31.9 Å². The van der Waals surface area contributed by atoms with E-state index in [0.29, 0.717) is 22.2 Å². The van der Waals surface area contributed by atoms with E-state index in [-0.39, 0.29) is 12.3 Å². The minimum Gasteiger partial charge on any atom is -0.493 e. The van der Waals surface area contributed by atoms with Crippen molar-refractivity contribution in [2.45, 2.75) is 13.3 Å². The smallest absolute Gasteiger partial charge is 0.224 e. The number of methoxy groups -OCH3 is 2. The lowest BCUT2D eigenvalue weighted by molar-refractivity contribution is -0.119. The molecule has 6 heteroatoms. The molecule has 5 nitrogen and oxygen atoms in total. The van der Waals surface area contributed by atoms with Crippen molar-refractivity contribution in [3.63, 3.8) is 0 Å². The molecule has 0 saturated heterocycles. The molecule has 3 rings (SSSR count). The number of fused-ring (bicyclic) bond motifs is 1. The summed E-state index contributed by atoms with van der Waals surface area (Å²) in [5.41, 5.74) is 4.15. The Labute approximate surface area is 163 Å². The van der Waals surface area contributed by atoms with Gasteiger partial charge in [-0.05, 0) is 30.2 Å². The van der Waals surface area contributed by atoms with Gasteiger partial charge in [0, 0.05) is 29.1 Å². The molecule has 27 heavy (non-hydrogen) atoms. The van der Waals surface area contributed by atoms with Gasteiger partial charge >= 0.3 is 0 Å². The molecule has 0 spiro atoms. The number of aromatic nitrogens is 1. The second-order valence-corrected chi connectivity index (χ2v) is 6.61. The molecular weight excluding hydrogens is 364 g/mol. The van der Waals surface area contributed by atoms with Crippen LogP contribution in [0.4, 0.5) is 0 Å². The van der Waals surface area contributed by atoms with Crippen molar-refractivity contribution in [2.75, 3.05) is 21.3 Å². The Bertz CT molecular complexity index is 1020. The van der Waals surface area contributed by atoms with E-state index < -0.39 is 0 Å². The third kappa shape index (κ3) is 3.69. The van der Waals surface area contributed by atoms with Gasteiger partial charge in [0.2, 0.25) is 5.91 Å². The molecule has 0 radical (unpaired) electrons. The maximum Gasteiger partial charge on any atom is 0.224 e. The standard InChI is InChI=1S/C21H21ClN2O3/c1-12-8-17(16-10-14(22)11-18(26-3)21(16)27-4)24-20-13(9-19(25)23-2)6-5-7-15(12)20/h5-8,10-11H,9H2,1-4H3,(H,23,25). The zero-order valence-electron chi connectivity index (χ0n) is 15.7. The zero-order valence-corrected chi connectivity index (χ0v) is 16.5. The molecule has 0 aliphatic heterocycles. The maximum absolute atomic E-state index is 11.9. The SMILES string of the molecule is CNC(=O)Cc1cccc2c(C)cc(-c3cc(Cl)cc(OC)c3OC)nc12. The Morgan fingerprint density at radius 1 is 1.19 bits per heavy atom. The Hall–Kier alpha value is -2.79. The number of likely N-dealkylation sites (N-methyl/N-ethyl adjacent to an activating group) is 1. The number of nitrogens with zero attached hydrogens (tertiary/aromatic N) is 1. The van der Waals surface area contributed by atoms with Gasteiger partial charge in [0.1, 0.15) is 0 Å². The lowest BCUT2D eigenvalue weighted by Crippen LogP contribution is -2.20. The van der Waals surface area contributed by atoms with Crippen LogP contribution >= 0.6 is 11.6 Å². The van der Waals surface area contributed by atoms with Gasteiger partial charge in [-0.25, -0.2) is 4.98 Å². The lowest BCUT2D eigenvalue weighted by atomic mass is 10.0. The number of ether oxygens (including phenoxy) is 2. The molecule has 1 heterocycles. The number of nitrogens with one attached hydrogen (secondary N) is 1. The molecular formula is C21H21ClN2O3. The van der Waals surface area contributed by atoms with Crippen LogP contribution < -0.4 is 14.8 Å². The molecule has 140 valence electrons. The van der Waals surface area contributed by atoms with Crippen LogP contribution in [0.25, 0.3) is 22.2 Å². The van der Waals surface area contributed by atoms with E-state index in [1.54, 1.807) is 33.4 Å². The molecule has 0 aliphatic carbocycles. The van der Waals surface area contributed by atoms with Crippen LogP contribution in [-0.2, 0) is 11.2 Å². The number of halogens is 1. The van der Waals surface area contributed by atoms with Crippen molar-refractivity contribution in [3.8, 4) is 22.8 Å². The fourth-order valence-corrected chi connectivity index (χ4v) is 3.35. The van der Waals surface area contributed by atoms with E-state index in [9.17, 15) is 4.79 Å². The number of hydrogen-bond donors (Lipinski definition) is 1. The molecule has 3 aromatic rings. The maximum atomic E-state index is 11.9. The fourth-order valence-electron chi connectivity index (χ4n) is 3.14. The van der Waals surface area contributed by atoms with Crippen LogP contribution in [0.5, 0.6) is 11.5 Å². The second kappa shape index (κ2) is 7.84. The Morgan fingerprint density at radius 3 is 2.63 bits per heavy atom. The third-order valence-electron chi connectivity index (χ3n) is 4.48. The topological polar surface area (TPSA) is 60.5 Å². The van der Waals surface area contributed by atoms with Gasteiger partial charge in [0.25, 0.3) is 0 Å². The Balaban J connectivity index is 2.26. The third-order valence-corrected chi connectivity index (χ3v) is 4.70. The quantitative estimate of drug-likeness (QED) is 0.717. The van der Waals surface area contributed by atoms with E-state index in [1.165, 1.54) is 0 Å². The molecule has 0 atom stereocenters. The predicted octanol–water partition coefficient (Wildman–Crippen LogP) is 4.17. The van der Waals surface area contributed by atoms with Gasteiger partial charge in [-0.2, -0.15) is 0 Å². The second-order valence-electron chi connectivity index (χ2n) is 6.18. The van der Waals surface area contributed by atoms with Crippen molar-refractivity contribution >= 4 is 28.4 Å². The van der Waals surface area contributed by atoms with Crippen LogP contribution in [0.1, 0.15) is 11.1 Å². The number of amides is 1. The first-order valence-electron chi connectivity index (χ1n) is 8.50. The number of pyridine rings is 1. The first-order chi connectivity index (χ1) is 13.0. The van der Waals surface area contributed by atoms with Crippen molar-refractivity contribution in [1.82, 2.24) is 10.3 Å². The summed E-state index contributed by atoms with van der Waals surface area (Å²) in [5.74, 6) is 1.05. The Kier molecular flexibility index (Phi) is 5.51. The van der Waals surface area contributed by atoms with Gasteiger partial charge in [-0.3, -0.25) is 4.79 Å². The predicted molar refractivity (Wildman–Crippen MR) is 108 cm³/mol. The molecule has 0 aliphatic rings. The minimum atomic E-state index is -0.0608. The van der Waals surface area contributed by atoms with Gasteiger partial charge in [-0.1, -0.05) is 29.8 Å². The zero-order chi connectivity index (χ0) is 19.6. The average molecular weight is 385 g/mol. The number of carbonyl (C=O) groups is 1. The summed E-state index contributed by atoms with van der Waals surface area (Å²) >= 11 is 6.27. The van der Waals surface area contributed by atoms with E-state index >= 15 is 0 Å². The first-order valence-corrected chi connectivity index (χ1v) is 8.88. The van der Waals surface area contributed by atoms with E-state index in [4.69, 9.17) is 26.1 Å². The largest absolute Gasteiger partial charge is 0.493 e. The number of rotatable bonds is 5. The van der Waals surface area contributed by atoms with E-state index in [0.717, 1.165) is 27.6 Å². The number of benzene rings is 2. The first kappa shape index (κ1) is 19.0. The molecule has 2 aromatic carbocycles. The number of para-hydroxylation sites is 1. The summed E-state index contributed by atoms with van der Waals surface area (Å²) < 4.78 is 11.0. The normalized spacial score (nSPS) is 10.7. The summed E-state index contributed by atoms with van der Waals surface area (Å²) in [6.07, 6.45) is 0.264. The highest BCUT2D eigenvalue weighted by atomic mass is 35.5. The van der Waals surface area contributed by atoms with Gasteiger partial charge in [-0.15, -0.1) is 0 Å². The summed E-state index contributed by atoms with van der Waals surface area (Å²) in [6, 6.07) is 11.4. The van der Waals surface area contributed by atoms with E-state index in [1.807, 2.05) is 31.2 Å². The summed E-state index contributed by atoms with van der Waals surface area (Å²) in [7, 11) is 4.78. The summed E-state index contributed by atoms with van der Waals surface area (Å²) in [4.78, 5) is 16.7. The summed E-state index contributed by atoms with van der Waals surface area (Å²) in [6.45, 7) is 2.02. The van der Waals surface area contributed by atoms with Crippen LogP contribution in [0.3, 0.4) is 0 Å². The number of aryl methyl sites for hydroxylation is 1. The van der Waals surface area contributed by atoms with Crippen molar-refractivity contribution in [2.24, 2.45) is 0 Å². The number of carbonyl (C=O) groups excluding carboxylic acids is 1. The highest BCUT2D eigenvalue weighted by Crippen LogP contribution is 2.41. The number of hydrogen-bond acceptors (Lipinski definition) is 4. The average Bonchev–Trinajstić information content (AvgIpc) is 2.67. The van der Waals surface area contributed by atoms with Crippen molar-refractivity contribution in [3.05, 3.63) is 52.5 Å². The molecule has 1 N–H and O–H groups in total. The van der Waals surface area contributed by atoms with Crippen LogP contribution in [-0.4, -0.2) is 32.2 Å². The van der Waals surface area contributed by atoms with Crippen LogP contribution in [0, 0.1) is 6.92 Å². The van der Waals surface area contributed by atoms with Gasteiger partial charge in [0.15, 0.2) is 11.5 Å². The lowest BCUT2D eigenvalue weighted by Gasteiger charge is -2.15. The van der Waals surface area contributed by atoms with Crippen LogP contribution in [0.15, 0.2) is 36.4 Å². The fraction of sp³-hybridized carbons (Fsp3) is 0.238. The molecule has 0 fully saturated rings. The molecule has 1 aromatic heterocycles. The highest BCUT2D eigenvalue weighted by Gasteiger charge is 2.17. The van der Waals surface area contributed by atoms with E-state index in [2.05, 4.69) is 5.32 Å². The van der Waals surface area contributed by atoms with Crippen molar-refractivity contribution in [1.29, 1.82) is 0 Å².